The van der Waals surface area contributed by atoms with Gasteiger partial charge >= 0.3 is 0 Å². The minimum atomic E-state index is -3.45. The summed E-state index contributed by atoms with van der Waals surface area (Å²) in [4.78, 5) is 13.6. The zero-order chi connectivity index (χ0) is 19.3. The summed E-state index contributed by atoms with van der Waals surface area (Å²) in [7, 11) is -3.45. The first-order chi connectivity index (χ1) is 12.9. The maximum absolute atomic E-state index is 12.7. The van der Waals surface area contributed by atoms with Crippen molar-refractivity contribution in [3.8, 4) is 0 Å². The smallest absolute Gasteiger partial charge is 0.243 e. The highest BCUT2D eigenvalue weighted by atomic mass is 32.2. The van der Waals surface area contributed by atoms with Gasteiger partial charge in [-0.2, -0.15) is 4.31 Å². The topological polar surface area (TPSA) is 66.5 Å². The van der Waals surface area contributed by atoms with Gasteiger partial charge in [-0.05, 0) is 54.5 Å². The third kappa shape index (κ3) is 5.57. The van der Waals surface area contributed by atoms with Crippen LogP contribution < -0.4 is 5.32 Å². The van der Waals surface area contributed by atoms with Crippen molar-refractivity contribution < 1.29 is 13.2 Å². The van der Waals surface area contributed by atoms with Crippen LogP contribution >= 0.6 is 23.1 Å². The zero-order valence-electron chi connectivity index (χ0n) is 15.3. The average molecular weight is 425 g/mol. The molecule has 0 aliphatic carbocycles. The summed E-state index contributed by atoms with van der Waals surface area (Å²) in [5.41, 5.74) is 0.614. The summed E-state index contributed by atoms with van der Waals surface area (Å²) in [5, 5.41) is 4.85. The fraction of sp³-hybridized carbons (Fsp3) is 0.421. The van der Waals surface area contributed by atoms with Crippen molar-refractivity contribution in [2.24, 2.45) is 5.92 Å². The van der Waals surface area contributed by atoms with E-state index in [2.05, 4.69) is 18.3 Å². The Morgan fingerprint density at radius 1 is 1.22 bits per heavy atom. The summed E-state index contributed by atoms with van der Waals surface area (Å²) < 4.78 is 27.0. The van der Waals surface area contributed by atoms with Crippen molar-refractivity contribution >= 4 is 44.7 Å². The highest BCUT2D eigenvalue weighted by Crippen LogP contribution is 2.24. The Bertz CT molecular complexity index is 841. The van der Waals surface area contributed by atoms with Gasteiger partial charge < -0.3 is 5.32 Å². The monoisotopic (exact) mass is 424 g/mol. The molecule has 2 aromatic rings. The Morgan fingerprint density at radius 2 is 1.93 bits per heavy atom. The van der Waals surface area contributed by atoms with E-state index in [-0.39, 0.29) is 10.8 Å². The molecule has 1 amide bonds. The van der Waals surface area contributed by atoms with Crippen LogP contribution in [0.1, 0.15) is 24.6 Å². The lowest BCUT2D eigenvalue weighted by Gasteiger charge is -2.29. The van der Waals surface area contributed by atoms with Crippen molar-refractivity contribution in [1.82, 2.24) is 4.31 Å². The van der Waals surface area contributed by atoms with E-state index in [0.717, 1.165) is 18.6 Å². The molecule has 0 unspecified atom stereocenters. The van der Waals surface area contributed by atoms with Gasteiger partial charge in [0.25, 0.3) is 0 Å². The lowest BCUT2D eigenvalue weighted by molar-refractivity contribution is -0.113. The number of piperidine rings is 1. The Labute approximate surface area is 169 Å². The molecule has 0 bridgehead atoms. The Balaban J connectivity index is 1.52. The van der Waals surface area contributed by atoms with E-state index >= 15 is 0 Å². The van der Waals surface area contributed by atoms with E-state index in [1.54, 1.807) is 51.7 Å². The number of rotatable bonds is 7. The highest BCUT2D eigenvalue weighted by molar-refractivity contribution is 7.99. The van der Waals surface area contributed by atoms with Crippen molar-refractivity contribution in [1.29, 1.82) is 0 Å². The van der Waals surface area contributed by atoms with Crippen LogP contribution in [0.25, 0.3) is 0 Å². The van der Waals surface area contributed by atoms with E-state index in [1.165, 1.54) is 4.88 Å². The van der Waals surface area contributed by atoms with Crippen molar-refractivity contribution in [3.05, 3.63) is 46.7 Å². The van der Waals surface area contributed by atoms with Crippen LogP contribution in [0.4, 0.5) is 5.69 Å². The largest absolute Gasteiger partial charge is 0.325 e. The van der Waals surface area contributed by atoms with Gasteiger partial charge in [0.2, 0.25) is 15.9 Å². The van der Waals surface area contributed by atoms with E-state index in [4.69, 9.17) is 0 Å². The van der Waals surface area contributed by atoms with Crippen LogP contribution in [0.5, 0.6) is 0 Å². The molecule has 146 valence electrons. The molecule has 2 heterocycles. The Kier molecular flexibility index (Phi) is 6.97. The van der Waals surface area contributed by atoms with E-state index in [1.807, 2.05) is 11.4 Å². The van der Waals surface area contributed by atoms with Gasteiger partial charge in [0.05, 0.1) is 10.6 Å². The number of hydrogen-bond acceptors (Lipinski definition) is 5. The van der Waals surface area contributed by atoms with Gasteiger partial charge in [-0.1, -0.05) is 13.0 Å². The maximum Gasteiger partial charge on any atom is 0.243 e. The summed E-state index contributed by atoms with van der Waals surface area (Å²) in [6.07, 6.45) is 1.80. The van der Waals surface area contributed by atoms with Crippen LogP contribution in [0.15, 0.2) is 46.7 Å². The third-order valence-corrected chi connectivity index (χ3v) is 8.53. The molecule has 1 aromatic heterocycles. The van der Waals surface area contributed by atoms with Crippen molar-refractivity contribution in [2.45, 2.75) is 30.4 Å². The minimum absolute atomic E-state index is 0.0859. The Morgan fingerprint density at radius 3 is 2.56 bits per heavy atom. The van der Waals surface area contributed by atoms with E-state index in [9.17, 15) is 13.2 Å². The number of hydrogen-bond donors (Lipinski definition) is 1. The summed E-state index contributed by atoms with van der Waals surface area (Å²) in [6.45, 7) is 3.30. The van der Waals surface area contributed by atoms with Crippen LogP contribution in [-0.2, 0) is 20.6 Å². The van der Waals surface area contributed by atoms with Crippen LogP contribution in [0.3, 0.4) is 0 Å². The van der Waals surface area contributed by atoms with Crippen LogP contribution in [-0.4, -0.2) is 37.5 Å². The molecule has 1 fully saturated rings. The molecule has 1 N–H and O–H groups in total. The van der Waals surface area contributed by atoms with Gasteiger partial charge in [0, 0.05) is 29.4 Å². The standard InChI is InChI=1S/C19H24N2O3S3/c1-15-8-10-21(11-9-15)27(23,24)18-6-4-16(5-7-18)20-19(22)14-25-13-17-3-2-12-26-17/h2-7,12,15H,8-11,13-14H2,1H3,(H,20,22). The predicted molar refractivity (Wildman–Crippen MR) is 113 cm³/mol. The number of benzene rings is 1. The van der Waals surface area contributed by atoms with Crippen molar-refractivity contribution in [3.63, 3.8) is 0 Å². The van der Waals surface area contributed by atoms with E-state index in [0.29, 0.717) is 30.4 Å². The first-order valence-corrected chi connectivity index (χ1v) is 12.4. The molecule has 27 heavy (non-hydrogen) atoms. The number of thiophene rings is 1. The fourth-order valence-electron chi connectivity index (χ4n) is 2.92. The molecular formula is C19H24N2O3S3. The summed E-state index contributed by atoms with van der Waals surface area (Å²) >= 11 is 3.24. The Hall–Kier alpha value is -1.35. The van der Waals surface area contributed by atoms with Gasteiger partial charge in [-0.15, -0.1) is 23.1 Å². The normalized spacial score (nSPS) is 16.3. The third-order valence-electron chi connectivity index (χ3n) is 4.58. The number of carbonyl (C=O) groups is 1. The predicted octanol–water partition coefficient (Wildman–Crippen LogP) is 4.04. The molecule has 1 aliphatic rings. The first kappa shape index (κ1) is 20.4. The zero-order valence-corrected chi connectivity index (χ0v) is 17.7. The minimum Gasteiger partial charge on any atom is -0.325 e. The molecule has 0 atom stereocenters. The second-order valence-electron chi connectivity index (χ2n) is 6.73. The molecule has 5 nitrogen and oxygen atoms in total. The molecule has 8 heteroatoms. The van der Waals surface area contributed by atoms with Gasteiger partial charge in [0.15, 0.2) is 0 Å². The molecule has 1 aliphatic heterocycles. The van der Waals surface area contributed by atoms with Gasteiger partial charge in [0.1, 0.15) is 0 Å². The quantitative estimate of drug-likeness (QED) is 0.728. The fourth-order valence-corrected chi connectivity index (χ4v) is 6.06. The summed E-state index contributed by atoms with van der Waals surface area (Å²) in [6, 6.07) is 10.5. The van der Waals surface area contributed by atoms with E-state index < -0.39 is 10.0 Å². The van der Waals surface area contributed by atoms with Crippen molar-refractivity contribution in [2.75, 3.05) is 24.2 Å². The summed E-state index contributed by atoms with van der Waals surface area (Å²) in [5.74, 6) is 1.67. The molecule has 0 radical (unpaired) electrons. The molecule has 0 saturated carbocycles. The number of sulfonamides is 1. The number of carbonyl (C=O) groups excluding carboxylic acids is 1. The van der Waals surface area contributed by atoms with Crippen LogP contribution in [0.2, 0.25) is 0 Å². The lowest BCUT2D eigenvalue weighted by atomic mass is 10.0. The lowest BCUT2D eigenvalue weighted by Crippen LogP contribution is -2.37. The highest BCUT2D eigenvalue weighted by Gasteiger charge is 2.27. The molecule has 3 rings (SSSR count). The number of nitrogens with one attached hydrogen (secondary N) is 1. The number of anilines is 1. The molecular weight excluding hydrogens is 400 g/mol. The van der Waals surface area contributed by atoms with Crippen LogP contribution in [0, 0.1) is 5.92 Å². The molecule has 1 aromatic carbocycles. The number of amides is 1. The second-order valence-corrected chi connectivity index (χ2v) is 10.7. The van der Waals surface area contributed by atoms with Gasteiger partial charge in [-0.25, -0.2) is 8.42 Å². The molecule has 1 saturated heterocycles. The van der Waals surface area contributed by atoms with Gasteiger partial charge in [-0.3, -0.25) is 4.79 Å². The number of thioether (sulfide) groups is 1. The SMILES string of the molecule is CC1CCN(S(=O)(=O)c2ccc(NC(=O)CSCc3cccs3)cc2)CC1. The first-order valence-electron chi connectivity index (χ1n) is 8.95. The molecule has 0 spiro atoms. The number of nitrogens with zero attached hydrogens (tertiary/aromatic N) is 1. The average Bonchev–Trinajstić information content (AvgIpc) is 3.16. The second kappa shape index (κ2) is 9.23. The maximum atomic E-state index is 12.7.